The predicted octanol–water partition coefficient (Wildman–Crippen LogP) is 13.8. The van der Waals surface area contributed by atoms with Gasteiger partial charge < -0.3 is 8.98 Å². The monoisotopic (exact) mass is 745 g/mol. The lowest BCUT2D eigenvalue weighted by atomic mass is 9.97. The number of para-hydroxylation sites is 2. The maximum atomic E-state index is 8.89. The van der Waals surface area contributed by atoms with Gasteiger partial charge in [-0.3, -0.25) is 0 Å². The number of hydrogen-bond acceptors (Lipinski definition) is 4. The molecule has 58 heavy (non-hydrogen) atoms. The first-order chi connectivity index (χ1) is 30.8. The van der Waals surface area contributed by atoms with Crippen LogP contribution in [0.15, 0.2) is 198 Å². The molecule has 0 unspecified atom stereocenters. The molecule has 0 saturated heterocycles. The van der Waals surface area contributed by atoms with Crippen molar-refractivity contribution >= 4 is 65.3 Å². The molecule has 0 spiro atoms. The normalized spacial score (nSPS) is 13.0. The minimum atomic E-state index is -0.495. The summed E-state index contributed by atoms with van der Waals surface area (Å²) in [4.78, 5) is 14.8. The van der Waals surface area contributed by atoms with E-state index < -0.39 is 30.2 Å². The van der Waals surface area contributed by atoms with Gasteiger partial charge in [-0.1, -0.05) is 152 Å². The van der Waals surface area contributed by atoms with Crippen LogP contribution < -0.4 is 0 Å². The van der Waals surface area contributed by atoms with Crippen molar-refractivity contribution < 1.29 is 11.3 Å². The van der Waals surface area contributed by atoms with Crippen molar-refractivity contribution in [1.82, 2.24) is 19.5 Å². The Bertz CT molecular complexity index is 3800. The summed E-state index contributed by atoms with van der Waals surface area (Å²) in [6, 6.07) is 53.5. The maximum absolute atomic E-state index is 8.89. The summed E-state index contributed by atoms with van der Waals surface area (Å²) in [5, 5.41) is 8.70. The van der Waals surface area contributed by atoms with Crippen LogP contribution >= 0.6 is 0 Å². The van der Waals surface area contributed by atoms with Gasteiger partial charge >= 0.3 is 0 Å². The van der Waals surface area contributed by atoms with E-state index in [9.17, 15) is 0 Å². The van der Waals surface area contributed by atoms with E-state index >= 15 is 0 Å². The molecule has 12 aromatic rings. The molecular weight excluding hydrogens is 709 g/mol. The molecule has 0 aliphatic heterocycles. The average Bonchev–Trinajstić information content (AvgIpc) is 3.88. The van der Waals surface area contributed by atoms with E-state index in [0.717, 1.165) is 54.8 Å². The molecule has 12 rings (SSSR count). The SMILES string of the molecule is [2H]c1c([2H])c([2H])c(-c2nc(-c3ccccc3)nc(-c3cc(-n4c5ccccc5c5ccccc54)cc4c3oc3cc(-c5ccc6c(ccc7ccccc76)c5)ccc34)n2)c([2H])c1[2H]. The molecule has 0 bridgehead atoms. The van der Waals surface area contributed by atoms with E-state index in [1.807, 2.05) is 60.7 Å². The van der Waals surface area contributed by atoms with Gasteiger partial charge in [-0.2, -0.15) is 0 Å². The minimum absolute atomic E-state index is 0.0475. The fourth-order valence-electron chi connectivity index (χ4n) is 8.42. The number of fused-ring (bicyclic) bond motifs is 9. The van der Waals surface area contributed by atoms with Crippen LogP contribution in [-0.2, 0) is 0 Å². The van der Waals surface area contributed by atoms with Crippen LogP contribution in [0.5, 0.6) is 0 Å². The quantitative estimate of drug-likeness (QED) is 0.165. The number of rotatable bonds is 5. The number of benzene rings is 9. The van der Waals surface area contributed by atoms with E-state index in [4.69, 9.17) is 26.2 Å². The van der Waals surface area contributed by atoms with Gasteiger partial charge in [-0.05, 0) is 75.1 Å². The lowest BCUT2D eigenvalue weighted by Gasteiger charge is -2.12. The summed E-state index contributed by atoms with van der Waals surface area (Å²) in [5.74, 6) is 0.452. The van der Waals surface area contributed by atoms with Crippen molar-refractivity contribution in [2.75, 3.05) is 0 Å². The molecule has 0 saturated carbocycles. The molecule has 5 heteroatoms. The van der Waals surface area contributed by atoms with Gasteiger partial charge in [0.1, 0.15) is 11.2 Å². The third-order valence-corrected chi connectivity index (χ3v) is 11.1. The van der Waals surface area contributed by atoms with Crippen molar-refractivity contribution in [2.24, 2.45) is 0 Å². The first-order valence-corrected chi connectivity index (χ1v) is 19.1. The Balaban J connectivity index is 1.14. The molecule has 3 heterocycles. The Hall–Kier alpha value is -7.89. The van der Waals surface area contributed by atoms with Crippen LogP contribution in [0.4, 0.5) is 0 Å². The second-order valence-electron chi connectivity index (χ2n) is 14.4. The van der Waals surface area contributed by atoms with Crippen molar-refractivity contribution in [3.05, 3.63) is 194 Å². The smallest absolute Gasteiger partial charge is 0.167 e. The van der Waals surface area contributed by atoms with Crippen LogP contribution in [0.1, 0.15) is 6.85 Å². The molecule has 0 aliphatic rings. The molecular formula is C53H32N4O. The van der Waals surface area contributed by atoms with Gasteiger partial charge in [0.15, 0.2) is 17.5 Å². The molecule has 5 nitrogen and oxygen atoms in total. The van der Waals surface area contributed by atoms with Gasteiger partial charge in [0, 0.05) is 38.4 Å². The van der Waals surface area contributed by atoms with Crippen LogP contribution in [0.2, 0.25) is 0 Å². The van der Waals surface area contributed by atoms with Crippen LogP contribution in [0.25, 0.3) is 116 Å². The third-order valence-electron chi connectivity index (χ3n) is 11.1. The first-order valence-electron chi connectivity index (χ1n) is 21.6. The highest BCUT2D eigenvalue weighted by atomic mass is 16.3. The number of furan rings is 1. The highest BCUT2D eigenvalue weighted by Gasteiger charge is 2.22. The maximum Gasteiger partial charge on any atom is 0.167 e. The molecule has 0 N–H and O–H groups in total. The summed E-state index contributed by atoms with van der Waals surface area (Å²) >= 11 is 0. The molecule has 270 valence electrons. The summed E-state index contributed by atoms with van der Waals surface area (Å²) in [7, 11) is 0. The van der Waals surface area contributed by atoms with Crippen LogP contribution in [0, 0.1) is 0 Å². The highest BCUT2D eigenvalue weighted by molar-refractivity contribution is 6.14. The van der Waals surface area contributed by atoms with Gasteiger partial charge in [0.2, 0.25) is 0 Å². The summed E-state index contributed by atoms with van der Waals surface area (Å²) < 4.78 is 52.2. The largest absolute Gasteiger partial charge is 0.455 e. The molecule has 0 radical (unpaired) electrons. The van der Waals surface area contributed by atoms with E-state index in [1.54, 1.807) is 0 Å². The van der Waals surface area contributed by atoms with E-state index in [1.165, 1.54) is 16.2 Å². The third kappa shape index (κ3) is 5.14. The Morgan fingerprint density at radius 3 is 1.79 bits per heavy atom. The summed E-state index contributed by atoms with van der Waals surface area (Å²) in [5.41, 5.74) is 7.24. The fourth-order valence-corrected chi connectivity index (χ4v) is 8.42. The Kier molecular flexibility index (Phi) is 6.12. The molecule has 0 amide bonds. The second kappa shape index (κ2) is 12.8. The molecule has 0 fully saturated rings. The van der Waals surface area contributed by atoms with E-state index in [2.05, 4.69) is 108 Å². The fraction of sp³-hybridized carbons (Fsp3) is 0. The Labute approximate surface area is 340 Å². The van der Waals surface area contributed by atoms with Crippen molar-refractivity contribution in [3.8, 4) is 51.0 Å². The van der Waals surface area contributed by atoms with E-state index in [-0.39, 0.29) is 23.0 Å². The zero-order chi connectivity index (χ0) is 42.5. The zero-order valence-corrected chi connectivity index (χ0v) is 30.8. The van der Waals surface area contributed by atoms with Gasteiger partial charge in [0.25, 0.3) is 0 Å². The second-order valence-corrected chi connectivity index (χ2v) is 14.4. The van der Waals surface area contributed by atoms with Crippen molar-refractivity contribution in [3.63, 3.8) is 0 Å². The molecule has 3 aromatic heterocycles. The van der Waals surface area contributed by atoms with Gasteiger partial charge in [0.05, 0.1) is 23.5 Å². The Morgan fingerprint density at radius 2 is 1.02 bits per heavy atom. The topological polar surface area (TPSA) is 56.7 Å². The van der Waals surface area contributed by atoms with Crippen molar-refractivity contribution in [2.45, 2.75) is 0 Å². The molecule has 9 aromatic carbocycles. The lowest BCUT2D eigenvalue weighted by Crippen LogP contribution is -2.01. The number of hydrogen-bond donors (Lipinski definition) is 0. The minimum Gasteiger partial charge on any atom is -0.455 e. The van der Waals surface area contributed by atoms with Gasteiger partial charge in [-0.25, -0.2) is 15.0 Å². The average molecular weight is 746 g/mol. The van der Waals surface area contributed by atoms with Crippen LogP contribution in [0.3, 0.4) is 0 Å². The number of aromatic nitrogens is 4. The lowest BCUT2D eigenvalue weighted by molar-refractivity contribution is 0.669. The van der Waals surface area contributed by atoms with Gasteiger partial charge in [-0.15, -0.1) is 0 Å². The molecule has 0 atom stereocenters. The van der Waals surface area contributed by atoms with E-state index in [0.29, 0.717) is 22.3 Å². The van der Waals surface area contributed by atoms with Crippen molar-refractivity contribution in [1.29, 1.82) is 0 Å². The summed E-state index contributed by atoms with van der Waals surface area (Å²) in [6.07, 6.45) is 0. The summed E-state index contributed by atoms with van der Waals surface area (Å²) in [6.45, 7) is 0. The van der Waals surface area contributed by atoms with Crippen LogP contribution in [-0.4, -0.2) is 19.5 Å². The first kappa shape index (κ1) is 27.7. The standard InChI is InChI=1S/C53H32N4O/c1-3-14-34(15-4-1)51-54-52(35-16-5-2-6-17-35)56-53(55-51)46-32-39(57-47-21-11-9-19-42(47)43-20-10-12-22-48(43)57)31-45-44-28-26-37(30-49(44)58-50(45)46)36-25-27-41-38(29-36)24-23-33-13-7-8-18-40(33)41/h1-32H/i1D,3D,4D,14D,15D. The predicted molar refractivity (Wildman–Crippen MR) is 238 cm³/mol. The highest BCUT2D eigenvalue weighted by Crippen LogP contribution is 2.42. The number of nitrogens with zero attached hydrogens (tertiary/aromatic N) is 4. The Morgan fingerprint density at radius 1 is 0.414 bits per heavy atom. The zero-order valence-electron chi connectivity index (χ0n) is 35.8. The molecule has 0 aliphatic carbocycles.